The Bertz CT molecular complexity index is 256. The molecular formula is H6CoMo2O8Si2. The van der Waals surface area contributed by atoms with Crippen molar-refractivity contribution in [1.82, 2.24) is 0 Å². The van der Waals surface area contributed by atoms with Crippen molar-refractivity contribution in [3.05, 3.63) is 0 Å². The zero-order valence-corrected chi connectivity index (χ0v) is 15.5. The first-order valence-corrected chi connectivity index (χ1v) is 10.3. The molecule has 0 saturated carbocycles. The van der Waals surface area contributed by atoms with Gasteiger partial charge in [-0.1, -0.05) is 0 Å². The third-order valence-corrected chi connectivity index (χ3v) is 7.25. The van der Waals surface area contributed by atoms with Crippen LogP contribution in [0.5, 0.6) is 0 Å². The molecule has 0 heterocycles. The van der Waals surface area contributed by atoms with Crippen LogP contribution in [0.2, 0.25) is 0 Å². The molecule has 0 aromatic rings. The van der Waals surface area contributed by atoms with Crippen molar-refractivity contribution < 1.29 is 77.5 Å². The van der Waals surface area contributed by atoms with Gasteiger partial charge in [-0.25, -0.2) is 0 Å². The van der Waals surface area contributed by atoms with Gasteiger partial charge < -0.3 is 0 Å². The summed E-state index contributed by atoms with van der Waals surface area (Å²) < 4.78 is 63.4. The van der Waals surface area contributed by atoms with Gasteiger partial charge in [-0.3, -0.25) is 0 Å². The molecule has 0 rings (SSSR count). The summed E-state index contributed by atoms with van der Waals surface area (Å²) in [5.74, 6) is 0. The molecule has 0 spiro atoms. The molecule has 0 amide bonds. The zero-order valence-electron chi connectivity index (χ0n) is 6.42. The molecule has 0 aromatic carbocycles. The van der Waals surface area contributed by atoms with E-state index in [4.69, 9.17) is 0 Å². The first kappa shape index (κ1) is 19.9. The fourth-order valence-corrected chi connectivity index (χ4v) is 0. The van der Waals surface area contributed by atoms with Gasteiger partial charge in [-0.15, -0.1) is 0 Å². The van der Waals surface area contributed by atoms with Crippen LogP contribution in [0.25, 0.3) is 0 Å². The Hall–Kier alpha value is 1.36. The van der Waals surface area contributed by atoms with Crippen molar-refractivity contribution in [2.24, 2.45) is 0 Å². The molecule has 8 nitrogen and oxygen atoms in total. The van der Waals surface area contributed by atoms with Crippen LogP contribution in [0, 0.1) is 0 Å². The van der Waals surface area contributed by atoms with Crippen molar-refractivity contribution in [1.29, 1.82) is 0 Å². The first-order chi connectivity index (χ1) is 5.12. The fraction of sp³-hybridized carbons (Fsp3) is 0. The molecule has 0 saturated heterocycles. The van der Waals surface area contributed by atoms with Crippen LogP contribution >= 0.6 is 0 Å². The van der Waals surface area contributed by atoms with Gasteiger partial charge >= 0.3 is 98.5 Å². The summed E-state index contributed by atoms with van der Waals surface area (Å²) in [4.78, 5) is 0. The summed E-state index contributed by atoms with van der Waals surface area (Å²) in [6, 6.07) is 0. The van der Waals surface area contributed by atoms with Crippen molar-refractivity contribution >= 4 is 21.0 Å². The molecule has 0 aliphatic heterocycles. The van der Waals surface area contributed by atoms with E-state index < -0.39 is 33.5 Å². The van der Waals surface area contributed by atoms with Gasteiger partial charge in [0.25, 0.3) is 0 Å². The number of rotatable bonds is 2. The summed E-state index contributed by atoms with van der Waals surface area (Å²) >= 11 is -10.5. The Kier molecular flexibility index (Phi) is 13.2. The molecule has 13 heavy (non-hydrogen) atoms. The van der Waals surface area contributed by atoms with Gasteiger partial charge in [0.1, 0.15) is 0 Å². The van der Waals surface area contributed by atoms with Gasteiger partial charge in [-0.2, -0.15) is 0 Å². The van der Waals surface area contributed by atoms with E-state index in [1.807, 2.05) is 0 Å². The summed E-state index contributed by atoms with van der Waals surface area (Å²) in [6.07, 6.45) is 0. The Morgan fingerprint density at radius 3 is 0.923 bits per heavy atom. The third-order valence-electron chi connectivity index (χ3n) is 0.408. The fourth-order valence-electron chi connectivity index (χ4n) is 0. The normalized spacial score (nSPS) is 11.2. The Morgan fingerprint density at radius 1 is 0.846 bits per heavy atom. The predicted molar refractivity (Wildman–Crippen MR) is 24.8 cm³/mol. The van der Waals surface area contributed by atoms with E-state index in [1.165, 1.54) is 0 Å². The Labute approximate surface area is 97.7 Å². The second kappa shape index (κ2) is 8.65. The van der Waals surface area contributed by atoms with Crippen LogP contribution < -0.4 is 7.52 Å². The SMILES string of the molecule is [Co+2].[O]=[Mo](=[O])([O-])[O][SiH3].[O]=[Mo](=[O])([O-])[O][SiH3]. The van der Waals surface area contributed by atoms with Crippen molar-refractivity contribution in [2.45, 2.75) is 0 Å². The number of hydrogen-bond acceptors (Lipinski definition) is 8. The molecule has 0 atom stereocenters. The summed E-state index contributed by atoms with van der Waals surface area (Å²) in [5.41, 5.74) is 0. The summed E-state index contributed by atoms with van der Waals surface area (Å²) in [5, 5.41) is 0. The van der Waals surface area contributed by atoms with E-state index in [0.29, 0.717) is 0 Å². The van der Waals surface area contributed by atoms with E-state index in [9.17, 15) is 21.1 Å². The topological polar surface area (TPSA) is 133 Å². The molecular weight excluding hydrogens is 435 g/mol. The maximum absolute atomic E-state index is 9.36. The standard InChI is InChI=1S/Co.2Mo.2H3OSi.6O/c;;;2*1-2;;;;;;/h;;;2*2H3;;;;;;/q+2;2*+1;2*-1;;;;;2*-1. The first-order valence-electron chi connectivity index (χ1n) is 2.15. The summed E-state index contributed by atoms with van der Waals surface area (Å²) in [6.45, 7) is 0. The molecule has 0 N–H and O–H groups in total. The monoisotopic (exact) mass is 445 g/mol. The second-order valence-corrected chi connectivity index (χ2v) is 10.7. The van der Waals surface area contributed by atoms with Crippen molar-refractivity contribution in [3.63, 3.8) is 0 Å². The average molecular weight is 441 g/mol. The van der Waals surface area contributed by atoms with Crippen LogP contribution in [-0.2, 0) is 70.0 Å². The van der Waals surface area contributed by atoms with E-state index >= 15 is 0 Å². The minimum atomic E-state index is -5.25. The van der Waals surface area contributed by atoms with Crippen LogP contribution in [-0.4, -0.2) is 21.0 Å². The van der Waals surface area contributed by atoms with Gasteiger partial charge in [0, 0.05) is 0 Å². The average Bonchev–Trinajstić information content (AvgIpc) is 1.86. The van der Waals surface area contributed by atoms with Crippen LogP contribution in [0.1, 0.15) is 0 Å². The Balaban J connectivity index is -0.000000143. The van der Waals surface area contributed by atoms with Crippen LogP contribution in [0.15, 0.2) is 0 Å². The molecule has 0 bridgehead atoms. The zero-order chi connectivity index (χ0) is 10.4. The van der Waals surface area contributed by atoms with Crippen molar-refractivity contribution in [3.8, 4) is 0 Å². The summed E-state index contributed by atoms with van der Waals surface area (Å²) in [7, 11) is -0.0101. The van der Waals surface area contributed by atoms with E-state index in [-0.39, 0.29) is 37.8 Å². The second-order valence-electron chi connectivity index (χ2n) is 1.15. The molecule has 0 fully saturated rings. The van der Waals surface area contributed by atoms with Gasteiger partial charge in [0.15, 0.2) is 0 Å². The maximum atomic E-state index is 9.36. The third kappa shape index (κ3) is 31.8. The molecule has 0 aromatic heterocycles. The number of hydrogen-bond donors (Lipinski definition) is 0. The molecule has 0 aliphatic carbocycles. The van der Waals surface area contributed by atoms with Crippen LogP contribution in [0.4, 0.5) is 0 Å². The van der Waals surface area contributed by atoms with E-state index in [1.54, 1.807) is 0 Å². The van der Waals surface area contributed by atoms with Gasteiger partial charge in [0.05, 0.1) is 0 Å². The molecule has 0 aliphatic rings. The predicted octanol–water partition coefficient (Wildman–Crippen LogP) is -5.37. The Morgan fingerprint density at radius 2 is 0.923 bits per heavy atom. The van der Waals surface area contributed by atoms with Gasteiger partial charge in [-0.05, 0) is 0 Å². The van der Waals surface area contributed by atoms with E-state index in [2.05, 4.69) is 6.16 Å². The molecule has 0 unspecified atom stereocenters. The van der Waals surface area contributed by atoms with Gasteiger partial charge in [0.2, 0.25) is 0 Å². The molecule has 1 radical (unpaired) electrons. The van der Waals surface area contributed by atoms with Crippen LogP contribution in [0.3, 0.4) is 0 Å². The molecule has 83 valence electrons. The molecule has 13 heteroatoms. The van der Waals surface area contributed by atoms with Crippen molar-refractivity contribution in [2.75, 3.05) is 0 Å². The van der Waals surface area contributed by atoms with E-state index in [0.717, 1.165) is 0 Å². The minimum absolute atomic E-state index is 0. The quantitative estimate of drug-likeness (QED) is 0.388.